The normalized spacial score (nSPS) is 11.4. The summed E-state index contributed by atoms with van der Waals surface area (Å²) in [6.45, 7) is 2.81. The monoisotopic (exact) mass is 382 g/mol. The van der Waals surface area contributed by atoms with Gasteiger partial charge < -0.3 is 10.5 Å². The lowest BCUT2D eigenvalue weighted by atomic mass is 10.2. The third kappa shape index (κ3) is 5.92. The molecule has 0 heterocycles. The summed E-state index contributed by atoms with van der Waals surface area (Å²) in [6, 6.07) is 11.3. The van der Waals surface area contributed by atoms with Gasteiger partial charge in [0.05, 0.1) is 11.5 Å². The average molecular weight is 383 g/mol. The van der Waals surface area contributed by atoms with E-state index in [9.17, 15) is 8.42 Å². The maximum Gasteiger partial charge on any atom is 0.240 e. The minimum absolute atomic E-state index is 0.0936. The van der Waals surface area contributed by atoms with Gasteiger partial charge in [-0.3, -0.25) is 0 Å². The molecule has 0 spiro atoms. The molecule has 0 amide bonds. The third-order valence-corrected chi connectivity index (χ3v) is 5.32. The minimum Gasteiger partial charge on any atom is -0.493 e. The second-order valence-corrected chi connectivity index (χ2v) is 7.90. The summed E-state index contributed by atoms with van der Waals surface area (Å²) < 4.78 is 33.1. The number of anilines is 1. The number of nitrogen functional groups attached to an aromatic ring is 1. The number of sulfonamides is 1. The van der Waals surface area contributed by atoms with Crippen molar-refractivity contribution in [3.8, 4) is 5.75 Å². The number of unbranched alkanes of at least 4 members (excludes halogenated alkanes) is 2. The summed E-state index contributed by atoms with van der Waals surface area (Å²) >= 11 is 6.04. The van der Waals surface area contributed by atoms with Gasteiger partial charge in [0.1, 0.15) is 5.75 Å². The van der Waals surface area contributed by atoms with Gasteiger partial charge in [-0.1, -0.05) is 31.4 Å². The van der Waals surface area contributed by atoms with Crippen molar-refractivity contribution in [2.24, 2.45) is 0 Å². The number of nitrogens with two attached hydrogens (primary N) is 1. The zero-order valence-electron chi connectivity index (χ0n) is 14.2. The first-order valence-electron chi connectivity index (χ1n) is 8.19. The van der Waals surface area contributed by atoms with Gasteiger partial charge in [0.25, 0.3) is 0 Å². The van der Waals surface area contributed by atoms with Crippen LogP contribution in [0.15, 0.2) is 47.4 Å². The van der Waals surface area contributed by atoms with Crippen molar-refractivity contribution in [2.45, 2.75) is 37.6 Å². The molecule has 2 aromatic carbocycles. The highest BCUT2D eigenvalue weighted by Crippen LogP contribution is 2.24. The van der Waals surface area contributed by atoms with Crippen molar-refractivity contribution in [1.82, 2.24) is 4.72 Å². The molecule has 0 aliphatic heterocycles. The maximum atomic E-state index is 12.4. The van der Waals surface area contributed by atoms with Crippen LogP contribution in [0, 0.1) is 0 Å². The summed E-state index contributed by atoms with van der Waals surface area (Å²) in [5.74, 6) is 0.639. The lowest BCUT2D eigenvalue weighted by Gasteiger charge is -2.13. The number of hydrogen-bond donors (Lipinski definition) is 2. The van der Waals surface area contributed by atoms with Gasteiger partial charge in [-0.2, -0.15) is 0 Å². The van der Waals surface area contributed by atoms with Gasteiger partial charge in [0.2, 0.25) is 10.0 Å². The molecule has 2 aromatic rings. The summed E-state index contributed by atoms with van der Waals surface area (Å²) in [7, 11) is -3.64. The number of benzene rings is 2. The molecular formula is C18H23ClN2O3S. The van der Waals surface area contributed by atoms with Crippen molar-refractivity contribution < 1.29 is 13.2 Å². The number of hydrogen-bond acceptors (Lipinski definition) is 4. The molecule has 2 rings (SSSR count). The molecule has 3 N–H and O–H groups in total. The van der Waals surface area contributed by atoms with Gasteiger partial charge >= 0.3 is 0 Å². The maximum absolute atomic E-state index is 12.4. The van der Waals surface area contributed by atoms with E-state index in [1.807, 2.05) is 0 Å². The Morgan fingerprint density at radius 3 is 2.52 bits per heavy atom. The van der Waals surface area contributed by atoms with Gasteiger partial charge in [0.15, 0.2) is 0 Å². The molecule has 0 bridgehead atoms. The Kier molecular flexibility index (Phi) is 7.11. The molecule has 0 saturated carbocycles. The Labute approximate surface area is 154 Å². The first-order valence-corrected chi connectivity index (χ1v) is 10.0. The topological polar surface area (TPSA) is 81.4 Å². The highest BCUT2D eigenvalue weighted by Gasteiger charge is 2.15. The summed E-state index contributed by atoms with van der Waals surface area (Å²) in [5.41, 5.74) is 6.80. The molecular weight excluding hydrogens is 360 g/mol. The number of rotatable bonds is 9. The van der Waals surface area contributed by atoms with Crippen LogP contribution in [0.25, 0.3) is 0 Å². The molecule has 25 heavy (non-hydrogen) atoms. The van der Waals surface area contributed by atoms with E-state index in [0.29, 0.717) is 28.6 Å². The molecule has 0 atom stereocenters. The van der Waals surface area contributed by atoms with Crippen molar-refractivity contribution >= 4 is 27.3 Å². The predicted molar refractivity (Wildman–Crippen MR) is 101 cm³/mol. The van der Waals surface area contributed by atoms with Crippen LogP contribution in [0.1, 0.15) is 31.7 Å². The Bertz CT molecular complexity index is 792. The Hall–Kier alpha value is -1.76. The largest absolute Gasteiger partial charge is 0.493 e. The first kappa shape index (κ1) is 19.6. The standard InChI is InChI=1S/C18H23ClN2O3S/c1-2-3-4-11-24-18-10-5-15(19)12-14(18)13-21-25(22,23)17-8-6-16(20)7-9-17/h5-10,12,21H,2-4,11,13,20H2,1H3. The van der Waals surface area contributed by atoms with Crippen LogP contribution >= 0.6 is 11.6 Å². The van der Waals surface area contributed by atoms with Crippen LogP contribution < -0.4 is 15.2 Å². The van der Waals surface area contributed by atoms with Crippen molar-refractivity contribution in [3.63, 3.8) is 0 Å². The van der Waals surface area contributed by atoms with Crippen LogP contribution in [-0.4, -0.2) is 15.0 Å². The van der Waals surface area contributed by atoms with Crippen molar-refractivity contribution in [3.05, 3.63) is 53.1 Å². The zero-order chi connectivity index (χ0) is 18.3. The fourth-order valence-corrected chi connectivity index (χ4v) is 3.47. The van der Waals surface area contributed by atoms with Crippen LogP contribution in [0.4, 0.5) is 5.69 Å². The summed E-state index contributed by atoms with van der Waals surface area (Å²) in [4.78, 5) is 0.161. The van der Waals surface area contributed by atoms with Crippen LogP contribution in [0.5, 0.6) is 5.75 Å². The first-order chi connectivity index (χ1) is 11.9. The molecule has 0 saturated heterocycles. The molecule has 0 unspecified atom stereocenters. The van der Waals surface area contributed by atoms with E-state index < -0.39 is 10.0 Å². The van der Waals surface area contributed by atoms with E-state index in [4.69, 9.17) is 22.1 Å². The summed E-state index contributed by atoms with van der Waals surface area (Å²) in [5, 5.41) is 0.530. The lowest BCUT2D eigenvalue weighted by Crippen LogP contribution is -2.23. The fraction of sp³-hybridized carbons (Fsp3) is 0.333. The van der Waals surface area contributed by atoms with Gasteiger partial charge in [-0.25, -0.2) is 13.1 Å². The molecule has 5 nitrogen and oxygen atoms in total. The van der Waals surface area contributed by atoms with Crippen molar-refractivity contribution in [1.29, 1.82) is 0 Å². The van der Waals surface area contributed by atoms with E-state index in [2.05, 4.69) is 11.6 Å². The fourth-order valence-electron chi connectivity index (χ4n) is 2.26. The SMILES string of the molecule is CCCCCOc1ccc(Cl)cc1CNS(=O)(=O)c1ccc(N)cc1. The molecule has 136 valence electrons. The molecule has 0 aliphatic carbocycles. The van der Waals surface area contributed by atoms with E-state index in [1.54, 1.807) is 30.3 Å². The average Bonchev–Trinajstić information content (AvgIpc) is 2.59. The zero-order valence-corrected chi connectivity index (χ0v) is 15.7. The smallest absolute Gasteiger partial charge is 0.240 e. The van der Waals surface area contributed by atoms with Crippen LogP contribution in [0.3, 0.4) is 0 Å². The van der Waals surface area contributed by atoms with Crippen molar-refractivity contribution in [2.75, 3.05) is 12.3 Å². The minimum atomic E-state index is -3.64. The number of ether oxygens (including phenoxy) is 1. The quantitative estimate of drug-likeness (QED) is 0.508. The van der Waals surface area contributed by atoms with E-state index in [0.717, 1.165) is 19.3 Å². The number of nitrogens with one attached hydrogen (secondary N) is 1. The second kappa shape index (κ2) is 9.08. The molecule has 0 radical (unpaired) electrons. The second-order valence-electron chi connectivity index (χ2n) is 5.70. The van der Waals surface area contributed by atoms with Crippen LogP contribution in [0.2, 0.25) is 5.02 Å². The number of halogens is 1. The van der Waals surface area contributed by atoms with Gasteiger partial charge in [-0.05, 0) is 48.9 Å². The van der Waals surface area contributed by atoms with E-state index in [-0.39, 0.29) is 11.4 Å². The Morgan fingerprint density at radius 1 is 1.12 bits per heavy atom. The molecule has 0 fully saturated rings. The summed E-state index contributed by atoms with van der Waals surface area (Å²) in [6.07, 6.45) is 3.15. The van der Waals surface area contributed by atoms with E-state index >= 15 is 0 Å². The van der Waals surface area contributed by atoms with Gasteiger partial charge in [-0.15, -0.1) is 0 Å². The Balaban J connectivity index is 2.08. The Morgan fingerprint density at radius 2 is 1.84 bits per heavy atom. The molecule has 7 heteroatoms. The predicted octanol–water partition coefficient (Wildman–Crippen LogP) is 3.97. The van der Waals surface area contributed by atoms with Gasteiger partial charge in [0, 0.05) is 22.8 Å². The third-order valence-electron chi connectivity index (χ3n) is 3.67. The molecule has 0 aliphatic rings. The highest BCUT2D eigenvalue weighted by atomic mass is 35.5. The lowest BCUT2D eigenvalue weighted by molar-refractivity contribution is 0.303. The van der Waals surface area contributed by atoms with E-state index in [1.165, 1.54) is 12.1 Å². The van der Waals surface area contributed by atoms with Crippen LogP contribution in [-0.2, 0) is 16.6 Å². The highest BCUT2D eigenvalue weighted by molar-refractivity contribution is 7.89. The molecule has 0 aromatic heterocycles.